The van der Waals surface area contributed by atoms with Crippen molar-refractivity contribution in [3.8, 4) is 11.5 Å². The molecule has 7 nitrogen and oxygen atoms in total. The Morgan fingerprint density at radius 2 is 2.11 bits per heavy atom. The number of aromatic amines is 1. The second-order valence-corrected chi connectivity index (χ2v) is 3.58. The first-order chi connectivity index (χ1) is 8.74. The number of imidazole rings is 1. The molecular formula is C11H7N5O2. The van der Waals surface area contributed by atoms with Gasteiger partial charge in [0, 0.05) is 18.6 Å². The molecule has 0 saturated heterocycles. The molecule has 7 heteroatoms. The van der Waals surface area contributed by atoms with E-state index in [9.17, 15) is 4.79 Å². The molecule has 0 bridgehead atoms. The van der Waals surface area contributed by atoms with Crippen molar-refractivity contribution in [2.24, 2.45) is 0 Å². The normalized spacial score (nSPS) is 10.7. The predicted molar refractivity (Wildman–Crippen MR) is 61.9 cm³/mol. The molecule has 3 heterocycles. The van der Waals surface area contributed by atoms with E-state index < -0.39 is 5.97 Å². The molecule has 0 atom stereocenters. The van der Waals surface area contributed by atoms with Crippen LogP contribution >= 0.6 is 0 Å². The van der Waals surface area contributed by atoms with Gasteiger partial charge >= 0.3 is 5.97 Å². The van der Waals surface area contributed by atoms with E-state index in [4.69, 9.17) is 5.11 Å². The molecular weight excluding hydrogens is 234 g/mol. The molecule has 0 fully saturated rings. The van der Waals surface area contributed by atoms with Gasteiger partial charge in [-0.15, -0.1) is 0 Å². The van der Waals surface area contributed by atoms with Gasteiger partial charge in [-0.2, -0.15) is 0 Å². The minimum atomic E-state index is -1.03. The first-order valence-corrected chi connectivity index (χ1v) is 5.09. The number of hydrogen-bond acceptors (Lipinski definition) is 5. The number of fused-ring (bicyclic) bond motifs is 1. The van der Waals surface area contributed by atoms with Crippen LogP contribution in [0.25, 0.3) is 22.7 Å². The molecule has 0 aliphatic heterocycles. The number of hydrogen-bond donors (Lipinski definition) is 2. The van der Waals surface area contributed by atoms with Crippen LogP contribution in [0.2, 0.25) is 0 Å². The maximum atomic E-state index is 10.8. The highest BCUT2D eigenvalue weighted by Crippen LogP contribution is 2.17. The molecule has 3 rings (SSSR count). The summed E-state index contributed by atoms with van der Waals surface area (Å²) >= 11 is 0. The lowest BCUT2D eigenvalue weighted by Gasteiger charge is -1.92. The minimum Gasteiger partial charge on any atom is -0.478 e. The zero-order valence-corrected chi connectivity index (χ0v) is 9.03. The Bertz CT molecular complexity index is 723. The Hall–Kier alpha value is -2.83. The van der Waals surface area contributed by atoms with Crippen molar-refractivity contribution in [2.45, 2.75) is 0 Å². The van der Waals surface area contributed by atoms with E-state index in [1.54, 1.807) is 18.6 Å². The van der Waals surface area contributed by atoms with E-state index in [-0.39, 0.29) is 5.56 Å². The van der Waals surface area contributed by atoms with E-state index in [2.05, 4.69) is 24.9 Å². The second kappa shape index (κ2) is 3.88. The topological polar surface area (TPSA) is 105 Å². The highest BCUT2D eigenvalue weighted by atomic mass is 16.4. The number of carboxylic acid groups (broad SMARTS) is 1. The maximum absolute atomic E-state index is 10.8. The van der Waals surface area contributed by atoms with E-state index in [0.717, 1.165) is 0 Å². The second-order valence-electron chi connectivity index (χ2n) is 3.58. The summed E-state index contributed by atoms with van der Waals surface area (Å²) in [6, 6.07) is 1.48. The van der Waals surface area contributed by atoms with Crippen LogP contribution in [0.4, 0.5) is 0 Å². The fraction of sp³-hybridized carbons (Fsp3) is 0. The number of aromatic nitrogens is 5. The Morgan fingerprint density at radius 3 is 2.83 bits per heavy atom. The Balaban J connectivity index is 2.14. The largest absolute Gasteiger partial charge is 0.478 e. The molecule has 0 aliphatic carbocycles. The summed E-state index contributed by atoms with van der Waals surface area (Å²) in [5, 5.41) is 8.87. The summed E-state index contributed by atoms with van der Waals surface area (Å²) in [4.78, 5) is 30.0. The highest BCUT2D eigenvalue weighted by molar-refractivity contribution is 5.91. The molecule has 0 saturated carbocycles. The van der Waals surface area contributed by atoms with Crippen LogP contribution in [0.1, 0.15) is 10.4 Å². The smallest absolute Gasteiger partial charge is 0.337 e. The molecule has 3 aromatic rings. The van der Waals surface area contributed by atoms with Gasteiger partial charge in [0.25, 0.3) is 0 Å². The molecule has 0 aromatic carbocycles. The fourth-order valence-corrected chi connectivity index (χ4v) is 1.56. The average molecular weight is 241 g/mol. The Morgan fingerprint density at radius 1 is 1.22 bits per heavy atom. The Labute approximate surface area is 101 Å². The average Bonchev–Trinajstić information content (AvgIpc) is 2.82. The van der Waals surface area contributed by atoms with Crippen LogP contribution in [0.3, 0.4) is 0 Å². The number of nitrogens with one attached hydrogen (secondary N) is 1. The summed E-state index contributed by atoms with van der Waals surface area (Å²) in [6.07, 6.45) is 5.95. The first-order valence-electron chi connectivity index (χ1n) is 5.09. The quantitative estimate of drug-likeness (QED) is 0.696. The van der Waals surface area contributed by atoms with E-state index in [0.29, 0.717) is 22.7 Å². The molecule has 0 spiro atoms. The number of nitrogens with zero attached hydrogens (tertiary/aromatic N) is 4. The monoisotopic (exact) mass is 241 g/mol. The van der Waals surface area contributed by atoms with E-state index in [1.165, 1.54) is 12.3 Å². The van der Waals surface area contributed by atoms with Gasteiger partial charge in [-0.1, -0.05) is 0 Å². The number of carboxylic acids is 1. The maximum Gasteiger partial charge on any atom is 0.337 e. The number of H-pyrrole nitrogens is 1. The molecule has 18 heavy (non-hydrogen) atoms. The standard InChI is InChI=1S/C11H7N5O2/c17-11(18)6-3-7-9(14-4-6)16-10(15-7)8-5-12-1-2-13-8/h1-5H,(H,17,18)(H,14,15,16). The lowest BCUT2D eigenvalue weighted by atomic mass is 10.3. The number of carbonyl (C=O) groups is 1. The summed E-state index contributed by atoms with van der Waals surface area (Å²) in [5.74, 6) is -0.520. The third kappa shape index (κ3) is 1.67. The zero-order valence-electron chi connectivity index (χ0n) is 9.03. The van der Waals surface area contributed by atoms with Crippen LogP contribution < -0.4 is 0 Å². The van der Waals surface area contributed by atoms with Gasteiger partial charge in [-0.05, 0) is 6.07 Å². The van der Waals surface area contributed by atoms with Crippen molar-refractivity contribution in [2.75, 3.05) is 0 Å². The summed E-state index contributed by atoms with van der Waals surface area (Å²) in [7, 11) is 0. The van der Waals surface area contributed by atoms with Crippen LogP contribution in [0.5, 0.6) is 0 Å². The van der Waals surface area contributed by atoms with Crippen molar-refractivity contribution in [3.63, 3.8) is 0 Å². The molecule has 0 aliphatic rings. The van der Waals surface area contributed by atoms with Crippen molar-refractivity contribution < 1.29 is 9.90 Å². The van der Waals surface area contributed by atoms with Crippen LogP contribution in [0.15, 0.2) is 30.9 Å². The van der Waals surface area contributed by atoms with Gasteiger partial charge in [0.2, 0.25) is 0 Å². The van der Waals surface area contributed by atoms with Gasteiger partial charge in [0.1, 0.15) is 5.69 Å². The molecule has 0 amide bonds. The van der Waals surface area contributed by atoms with Gasteiger partial charge in [-0.3, -0.25) is 4.98 Å². The van der Waals surface area contributed by atoms with Gasteiger partial charge in [0.15, 0.2) is 11.5 Å². The summed E-state index contributed by atoms with van der Waals surface area (Å²) in [6.45, 7) is 0. The van der Waals surface area contributed by atoms with Crippen LogP contribution in [0, 0.1) is 0 Å². The fourth-order valence-electron chi connectivity index (χ4n) is 1.56. The lowest BCUT2D eigenvalue weighted by molar-refractivity contribution is 0.0696. The summed E-state index contributed by atoms with van der Waals surface area (Å²) in [5.41, 5.74) is 1.68. The molecule has 3 aromatic heterocycles. The first kappa shape index (κ1) is 10.3. The van der Waals surface area contributed by atoms with Crippen molar-refractivity contribution in [1.29, 1.82) is 0 Å². The SMILES string of the molecule is O=C(O)c1cnc2nc(-c3cnccn3)[nH]c2c1. The summed E-state index contributed by atoms with van der Waals surface area (Å²) < 4.78 is 0. The molecule has 0 unspecified atom stereocenters. The number of rotatable bonds is 2. The van der Waals surface area contributed by atoms with Crippen LogP contribution in [-0.4, -0.2) is 36.0 Å². The third-order valence-corrected chi connectivity index (χ3v) is 2.39. The lowest BCUT2D eigenvalue weighted by Crippen LogP contribution is -1.96. The van der Waals surface area contributed by atoms with Gasteiger partial charge in [0.05, 0.1) is 17.3 Å². The zero-order chi connectivity index (χ0) is 12.5. The minimum absolute atomic E-state index is 0.108. The number of aromatic carboxylic acids is 1. The van der Waals surface area contributed by atoms with Crippen molar-refractivity contribution in [3.05, 3.63) is 36.4 Å². The molecule has 2 N–H and O–H groups in total. The van der Waals surface area contributed by atoms with Gasteiger partial charge in [-0.25, -0.2) is 19.7 Å². The van der Waals surface area contributed by atoms with Crippen LogP contribution in [-0.2, 0) is 0 Å². The Kier molecular flexibility index (Phi) is 2.23. The van der Waals surface area contributed by atoms with Crippen molar-refractivity contribution >= 4 is 17.1 Å². The van der Waals surface area contributed by atoms with Gasteiger partial charge < -0.3 is 10.1 Å². The number of pyridine rings is 1. The van der Waals surface area contributed by atoms with Crippen molar-refractivity contribution in [1.82, 2.24) is 24.9 Å². The van der Waals surface area contributed by atoms with E-state index >= 15 is 0 Å². The van der Waals surface area contributed by atoms with E-state index in [1.807, 2.05) is 0 Å². The third-order valence-electron chi connectivity index (χ3n) is 2.39. The molecule has 88 valence electrons. The molecule has 0 radical (unpaired) electrons. The highest BCUT2D eigenvalue weighted by Gasteiger charge is 2.10. The predicted octanol–water partition coefficient (Wildman–Crippen LogP) is 1.11.